The van der Waals surface area contributed by atoms with Gasteiger partial charge in [0.15, 0.2) is 0 Å². The van der Waals surface area contributed by atoms with E-state index in [4.69, 9.17) is 4.98 Å². The zero-order chi connectivity index (χ0) is 16.4. The van der Waals surface area contributed by atoms with Gasteiger partial charge < -0.3 is 4.90 Å². The lowest BCUT2D eigenvalue weighted by molar-refractivity contribution is -0.132. The van der Waals surface area contributed by atoms with Crippen LogP contribution in [0.15, 0.2) is 36.9 Å². The number of aryl methyl sites for hydroxylation is 1. The normalized spacial score (nSPS) is 15.9. The first-order valence-corrected chi connectivity index (χ1v) is 9.07. The van der Waals surface area contributed by atoms with Crippen LogP contribution in [-0.4, -0.2) is 43.6 Å². The number of likely N-dealkylation sites (tertiary alicyclic amines) is 1. The average molecular weight is 341 g/mol. The summed E-state index contributed by atoms with van der Waals surface area (Å²) in [6.45, 7) is 2.23. The molecule has 0 bridgehead atoms. The van der Waals surface area contributed by atoms with Crippen LogP contribution in [0.1, 0.15) is 30.2 Å². The largest absolute Gasteiger partial charge is 0.343 e. The molecular weight excluding hydrogens is 322 g/mol. The van der Waals surface area contributed by atoms with Crippen molar-refractivity contribution in [1.82, 2.24) is 24.6 Å². The molecule has 1 aliphatic rings. The number of fused-ring (bicyclic) bond motifs is 1. The molecule has 0 N–H and O–H groups in total. The second-order valence-electron chi connectivity index (χ2n) is 6.08. The number of thiazole rings is 1. The summed E-state index contributed by atoms with van der Waals surface area (Å²) < 4.78 is 2.95. The first-order valence-electron chi connectivity index (χ1n) is 8.25. The van der Waals surface area contributed by atoms with E-state index in [0.29, 0.717) is 18.9 Å². The van der Waals surface area contributed by atoms with Crippen LogP contribution in [-0.2, 0) is 11.3 Å². The minimum atomic E-state index is 0.202. The third-order valence-corrected chi connectivity index (χ3v) is 5.73. The van der Waals surface area contributed by atoms with Crippen molar-refractivity contribution in [3.63, 3.8) is 0 Å². The number of benzene rings is 1. The van der Waals surface area contributed by atoms with E-state index in [1.807, 2.05) is 11.0 Å². The SMILES string of the molecule is O=C(CCn1cncn1)N1CCC(c2nc3ccccc3s2)CC1. The highest BCUT2D eigenvalue weighted by atomic mass is 32.1. The van der Waals surface area contributed by atoms with Crippen LogP contribution in [0.2, 0.25) is 0 Å². The smallest absolute Gasteiger partial charge is 0.224 e. The van der Waals surface area contributed by atoms with Crippen molar-refractivity contribution in [1.29, 1.82) is 0 Å². The van der Waals surface area contributed by atoms with E-state index in [1.165, 1.54) is 16.0 Å². The zero-order valence-corrected chi connectivity index (χ0v) is 14.2. The van der Waals surface area contributed by atoms with E-state index in [2.05, 4.69) is 28.3 Å². The molecule has 0 radical (unpaired) electrons. The molecule has 1 aromatic carbocycles. The first-order chi connectivity index (χ1) is 11.8. The van der Waals surface area contributed by atoms with Crippen LogP contribution in [0.25, 0.3) is 10.2 Å². The van der Waals surface area contributed by atoms with E-state index in [-0.39, 0.29) is 5.91 Å². The summed E-state index contributed by atoms with van der Waals surface area (Å²) >= 11 is 1.79. The highest BCUT2D eigenvalue weighted by molar-refractivity contribution is 7.18. The lowest BCUT2D eigenvalue weighted by atomic mass is 9.97. The van der Waals surface area contributed by atoms with E-state index < -0.39 is 0 Å². The Morgan fingerprint density at radius 1 is 1.25 bits per heavy atom. The van der Waals surface area contributed by atoms with Gasteiger partial charge in [-0.15, -0.1) is 11.3 Å². The Hall–Kier alpha value is -2.28. The van der Waals surface area contributed by atoms with Gasteiger partial charge in [-0.25, -0.2) is 9.97 Å². The number of carbonyl (C=O) groups is 1. The predicted octanol–water partition coefficient (Wildman–Crippen LogP) is 2.68. The molecule has 3 heterocycles. The first kappa shape index (κ1) is 15.3. The minimum absolute atomic E-state index is 0.202. The maximum atomic E-state index is 12.3. The number of hydrogen-bond acceptors (Lipinski definition) is 5. The lowest BCUT2D eigenvalue weighted by Crippen LogP contribution is -2.38. The molecule has 24 heavy (non-hydrogen) atoms. The van der Waals surface area contributed by atoms with Gasteiger partial charge in [0, 0.05) is 25.4 Å². The van der Waals surface area contributed by atoms with Crippen molar-refractivity contribution in [2.24, 2.45) is 0 Å². The third kappa shape index (κ3) is 3.17. The fraction of sp³-hybridized carbons (Fsp3) is 0.412. The van der Waals surface area contributed by atoms with Crippen molar-refractivity contribution >= 4 is 27.5 Å². The van der Waals surface area contributed by atoms with Gasteiger partial charge >= 0.3 is 0 Å². The number of amides is 1. The van der Waals surface area contributed by atoms with E-state index in [0.717, 1.165) is 31.4 Å². The van der Waals surface area contributed by atoms with Crippen molar-refractivity contribution in [2.75, 3.05) is 13.1 Å². The molecule has 1 saturated heterocycles. The summed E-state index contributed by atoms with van der Waals surface area (Å²) in [6.07, 6.45) is 5.61. The van der Waals surface area contributed by atoms with Gasteiger partial charge in [-0.2, -0.15) is 5.10 Å². The molecule has 3 aromatic rings. The summed E-state index contributed by atoms with van der Waals surface area (Å²) in [6, 6.07) is 8.28. The van der Waals surface area contributed by atoms with Gasteiger partial charge in [-0.05, 0) is 25.0 Å². The van der Waals surface area contributed by atoms with Crippen molar-refractivity contribution in [3.8, 4) is 0 Å². The molecule has 1 fully saturated rings. The molecule has 7 heteroatoms. The van der Waals surface area contributed by atoms with E-state index in [1.54, 1.807) is 22.3 Å². The molecule has 0 atom stereocenters. The quantitative estimate of drug-likeness (QED) is 0.732. The molecule has 6 nitrogen and oxygen atoms in total. The Morgan fingerprint density at radius 2 is 2.08 bits per heavy atom. The second-order valence-corrected chi connectivity index (χ2v) is 7.15. The highest BCUT2D eigenvalue weighted by Crippen LogP contribution is 2.33. The topological polar surface area (TPSA) is 63.9 Å². The molecule has 2 aromatic heterocycles. The van der Waals surface area contributed by atoms with Gasteiger partial charge in [0.1, 0.15) is 12.7 Å². The standard InChI is InChI=1S/C17H19N5OS/c23-16(7-10-22-12-18-11-19-22)21-8-5-13(6-9-21)17-20-14-3-1-2-4-15(14)24-17/h1-4,11-13H,5-10H2. The van der Waals surface area contributed by atoms with Gasteiger partial charge in [0.2, 0.25) is 5.91 Å². The highest BCUT2D eigenvalue weighted by Gasteiger charge is 2.25. The average Bonchev–Trinajstić information content (AvgIpc) is 3.29. The Bertz CT molecular complexity index is 788. The Morgan fingerprint density at radius 3 is 2.83 bits per heavy atom. The van der Waals surface area contributed by atoms with Crippen molar-refractivity contribution in [2.45, 2.75) is 31.7 Å². The van der Waals surface area contributed by atoms with Gasteiger partial charge in [-0.1, -0.05) is 12.1 Å². The zero-order valence-electron chi connectivity index (χ0n) is 13.3. The summed E-state index contributed by atoms with van der Waals surface area (Å²) in [5.74, 6) is 0.676. The summed E-state index contributed by atoms with van der Waals surface area (Å²) in [4.78, 5) is 23.0. The fourth-order valence-electron chi connectivity index (χ4n) is 3.16. The van der Waals surface area contributed by atoms with Gasteiger partial charge in [0.05, 0.1) is 21.8 Å². The Kier molecular flexibility index (Phi) is 4.25. The number of carbonyl (C=O) groups excluding carboxylic acids is 1. The van der Waals surface area contributed by atoms with Crippen molar-refractivity contribution in [3.05, 3.63) is 41.9 Å². The number of hydrogen-bond donors (Lipinski definition) is 0. The number of nitrogens with zero attached hydrogens (tertiary/aromatic N) is 5. The van der Waals surface area contributed by atoms with Gasteiger partial charge in [0.25, 0.3) is 0 Å². The maximum absolute atomic E-state index is 12.3. The van der Waals surface area contributed by atoms with Crippen LogP contribution in [0.5, 0.6) is 0 Å². The summed E-state index contributed by atoms with van der Waals surface area (Å²) in [7, 11) is 0. The van der Waals surface area contributed by atoms with Crippen LogP contribution in [0.3, 0.4) is 0 Å². The summed E-state index contributed by atoms with van der Waals surface area (Å²) in [5, 5.41) is 5.25. The Labute approximate surface area is 144 Å². The summed E-state index contributed by atoms with van der Waals surface area (Å²) in [5.41, 5.74) is 1.09. The number of aromatic nitrogens is 4. The number of rotatable bonds is 4. The molecule has 4 rings (SSSR count). The molecule has 1 amide bonds. The molecule has 124 valence electrons. The molecule has 0 unspecified atom stereocenters. The molecule has 1 aliphatic heterocycles. The molecular formula is C17H19N5OS. The predicted molar refractivity (Wildman–Crippen MR) is 92.8 cm³/mol. The lowest BCUT2D eigenvalue weighted by Gasteiger charge is -2.31. The van der Waals surface area contributed by atoms with Crippen LogP contribution in [0, 0.1) is 0 Å². The van der Waals surface area contributed by atoms with Crippen LogP contribution < -0.4 is 0 Å². The monoisotopic (exact) mass is 341 g/mol. The third-order valence-electron chi connectivity index (χ3n) is 4.53. The van der Waals surface area contributed by atoms with Crippen LogP contribution >= 0.6 is 11.3 Å². The number of piperidine rings is 1. The van der Waals surface area contributed by atoms with E-state index >= 15 is 0 Å². The Balaban J connectivity index is 1.33. The minimum Gasteiger partial charge on any atom is -0.343 e. The fourth-order valence-corrected chi connectivity index (χ4v) is 4.29. The molecule has 0 saturated carbocycles. The van der Waals surface area contributed by atoms with E-state index in [9.17, 15) is 4.79 Å². The number of para-hydroxylation sites is 1. The van der Waals surface area contributed by atoms with Gasteiger partial charge in [-0.3, -0.25) is 9.48 Å². The van der Waals surface area contributed by atoms with Crippen LogP contribution in [0.4, 0.5) is 0 Å². The maximum Gasteiger partial charge on any atom is 0.224 e. The second kappa shape index (κ2) is 6.68. The van der Waals surface area contributed by atoms with Crippen molar-refractivity contribution < 1.29 is 4.79 Å². The molecule has 0 aliphatic carbocycles. The molecule has 0 spiro atoms.